The largest absolute Gasteiger partial charge is 0.389 e. The van der Waals surface area contributed by atoms with E-state index in [1.165, 1.54) is 12.1 Å². The number of nitrogens with zero attached hydrogens (tertiary/aromatic N) is 1. The summed E-state index contributed by atoms with van der Waals surface area (Å²) in [7, 11) is 0. The van der Waals surface area contributed by atoms with Crippen molar-refractivity contribution in [2.45, 2.75) is 32.0 Å². The number of nitro groups is 1. The molecule has 0 saturated carbocycles. The Labute approximate surface area is 108 Å². The SMILES string of the molecule is CC(NCCCC(F)(F)F)c1cccc([N+](=O)[O-])c1. The molecule has 0 radical (unpaired) electrons. The molecule has 1 rings (SSSR count). The fourth-order valence-corrected chi connectivity index (χ4v) is 1.63. The maximum absolute atomic E-state index is 11.9. The topological polar surface area (TPSA) is 55.2 Å². The van der Waals surface area contributed by atoms with Gasteiger partial charge in [0.1, 0.15) is 0 Å². The van der Waals surface area contributed by atoms with Crippen molar-refractivity contribution in [1.82, 2.24) is 5.32 Å². The Hall–Kier alpha value is -1.63. The number of benzene rings is 1. The lowest BCUT2D eigenvalue weighted by Gasteiger charge is -2.14. The van der Waals surface area contributed by atoms with Gasteiger partial charge >= 0.3 is 6.18 Å². The second kappa shape index (κ2) is 6.51. The van der Waals surface area contributed by atoms with E-state index in [2.05, 4.69) is 5.32 Å². The van der Waals surface area contributed by atoms with Crippen LogP contribution in [0.3, 0.4) is 0 Å². The molecule has 1 atom stereocenters. The van der Waals surface area contributed by atoms with Gasteiger partial charge in [-0.05, 0) is 25.5 Å². The Kier molecular flexibility index (Phi) is 5.29. The molecule has 1 aromatic rings. The third-order valence-electron chi connectivity index (χ3n) is 2.67. The number of hydrogen-bond donors (Lipinski definition) is 1. The van der Waals surface area contributed by atoms with Gasteiger partial charge in [0.05, 0.1) is 4.92 Å². The van der Waals surface area contributed by atoms with Crippen LogP contribution in [0.1, 0.15) is 31.4 Å². The maximum Gasteiger partial charge on any atom is 0.389 e. The normalized spacial score (nSPS) is 13.3. The molecule has 1 aromatic carbocycles. The highest BCUT2D eigenvalue weighted by Crippen LogP contribution is 2.22. The van der Waals surface area contributed by atoms with Crippen LogP contribution in [0.15, 0.2) is 24.3 Å². The molecule has 0 bridgehead atoms. The lowest BCUT2D eigenvalue weighted by atomic mass is 10.1. The Morgan fingerprint density at radius 2 is 2.11 bits per heavy atom. The predicted octanol–water partition coefficient (Wildman–Crippen LogP) is 3.59. The summed E-state index contributed by atoms with van der Waals surface area (Å²) in [4.78, 5) is 10.1. The van der Waals surface area contributed by atoms with Crippen molar-refractivity contribution in [3.63, 3.8) is 0 Å². The third-order valence-corrected chi connectivity index (χ3v) is 2.67. The predicted molar refractivity (Wildman–Crippen MR) is 64.8 cm³/mol. The van der Waals surface area contributed by atoms with E-state index < -0.39 is 17.5 Å². The van der Waals surface area contributed by atoms with Gasteiger partial charge in [0.15, 0.2) is 0 Å². The van der Waals surface area contributed by atoms with Crippen molar-refractivity contribution in [2.24, 2.45) is 0 Å². The first-order valence-corrected chi connectivity index (χ1v) is 5.84. The van der Waals surface area contributed by atoms with Gasteiger partial charge in [0.2, 0.25) is 0 Å². The Bertz CT molecular complexity index is 435. The molecule has 0 spiro atoms. The molecule has 0 fully saturated rings. The summed E-state index contributed by atoms with van der Waals surface area (Å²) in [5.74, 6) is 0. The zero-order chi connectivity index (χ0) is 14.5. The van der Waals surface area contributed by atoms with Crippen LogP contribution in [0.5, 0.6) is 0 Å². The van der Waals surface area contributed by atoms with E-state index in [1.54, 1.807) is 19.1 Å². The van der Waals surface area contributed by atoms with Gasteiger partial charge < -0.3 is 5.32 Å². The lowest BCUT2D eigenvalue weighted by molar-refractivity contribution is -0.384. The molecule has 0 aliphatic carbocycles. The lowest BCUT2D eigenvalue weighted by Crippen LogP contribution is -2.21. The van der Waals surface area contributed by atoms with Crippen LogP contribution in [0, 0.1) is 10.1 Å². The van der Waals surface area contributed by atoms with E-state index in [9.17, 15) is 23.3 Å². The fourth-order valence-electron chi connectivity index (χ4n) is 1.63. The molecule has 0 aliphatic rings. The van der Waals surface area contributed by atoms with E-state index in [0.29, 0.717) is 5.56 Å². The molecule has 0 aliphatic heterocycles. The number of alkyl halides is 3. The molecule has 106 valence electrons. The molecular formula is C12H15F3N2O2. The van der Waals surface area contributed by atoms with Crippen LogP contribution in [0.4, 0.5) is 18.9 Å². The third kappa shape index (κ3) is 5.69. The van der Waals surface area contributed by atoms with E-state index in [4.69, 9.17) is 0 Å². The zero-order valence-electron chi connectivity index (χ0n) is 10.4. The number of hydrogen-bond acceptors (Lipinski definition) is 3. The summed E-state index contributed by atoms with van der Waals surface area (Å²) >= 11 is 0. The van der Waals surface area contributed by atoms with Crippen molar-refractivity contribution < 1.29 is 18.1 Å². The summed E-state index contributed by atoms with van der Waals surface area (Å²) in [5, 5.41) is 13.5. The van der Waals surface area contributed by atoms with Gasteiger partial charge in [-0.15, -0.1) is 0 Å². The van der Waals surface area contributed by atoms with Crippen LogP contribution in [-0.4, -0.2) is 17.6 Å². The first-order chi connectivity index (χ1) is 8.79. The highest BCUT2D eigenvalue weighted by Gasteiger charge is 2.25. The van der Waals surface area contributed by atoms with Gasteiger partial charge in [-0.2, -0.15) is 13.2 Å². The standard InChI is InChI=1S/C12H15F3N2O2/c1-9(16-7-3-6-12(13,14)15)10-4-2-5-11(8-10)17(18)19/h2,4-5,8-9,16H,3,6-7H2,1H3. The molecule has 0 aromatic heterocycles. The summed E-state index contributed by atoms with van der Waals surface area (Å²) in [6.45, 7) is 1.97. The van der Waals surface area contributed by atoms with Crippen molar-refractivity contribution in [3.8, 4) is 0 Å². The highest BCUT2D eigenvalue weighted by molar-refractivity contribution is 5.35. The molecule has 1 unspecified atom stereocenters. The Morgan fingerprint density at radius 3 is 2.68 bits per heavy atom. The second-order valence-corrected chi connectivity index (χ2v) is 4.25. The molecule has 0 saturated heterocycles. The smallest absolute Gasteiger partial charge is 0.310 e. The summed E-state index contributed by atoms with van der Waals surface area (Å²) in [6.07, 6.45) is -4.99. The van der Waals surface area contributed by atoms with Crippen LogP contribution in [-0.2, 0) is 0 Å². The van der Waals surface area contributed by atoms with Gasteiger partial charge in [-0.3, -0.25) is 10.1 Å². The van der Waals surface area contributed by atoms with Gasteiger partial charge in [0, 0.05) is 24.6 Å². The van der Waals surface area contributed by atoms with Crippen molar-refractivity contribution in [2.75, 3.05) is 6.54 Å². The van der Waals surface area contributed by atoms with Crippen LogP contribution < -0.4 is 5.32 Å². The Balaban J connectivity index is 2.47. The monoisotopic (exact) mass is 276 g/mol. The van der Waals surface area contributed by atoms with Gasteiger partial charge in [-0.25, -0.2) is 0 Å². The first kappa shape index (κ1) is 15.4. The van der Waals surface area contributed by atoms with Crippen molar-refractivity contribution in [3.05, 3.63) is 39.9 Å². The molecule has 0 heterocycles. The highest BCUT2D eigenvalue weighted by atomic mass is 19.4. The quantitative estimate of drug-likeness (QED) is 0.491. The Morgan fingerprint density at radius 1 is 1.42 bits per heavy atom. The van der Waals surface area contributed by atoms with E-state index in [1.807, 2.05) is 0 Å². The first-order valence-electron chi connectivity index (χ1n) is 5.84. The van der Waals surface area contributed by atoms with E-state index in [0.717, 1.165) is 0 Å². The summed E-state index contributed by atoms with van der Waals surface area (Å²) < 4.78 is 35.8. The summed E-state index contributed by atoms with van der Waals surface area (Å²) in [5.41, 5.74) is 0.655. The number of halogens is 3. The minimum atomic E-state index is -4.14. The van der Waals surface area contributed by atoms with Crippen molar-refractivity contribution >= 4 is 5.69 Å². The number of non-ortho nitro benzene ring substituents is 1. The molecule has 19 heavy (non-hydrogen) atoms. The van der Waals surface area contributed by atoms with Crippen LogP contribution >= 0.6 is 0 Å². The fraction of sp³-hybridized carbons (Fsp3) is 0.500. The average Bonchev–Trinajstić information content (AvgIpc) is 2.33. The van der Waals surface area contributed by atoms with Gasteiger partial charge in [-0.1, -0.05) is 12.1 Å². The van der Waals surface area contributed by atoms with Crippen LogP contribution in [0.25, 0.3) is 0 Å². The molecule has 4 nitrogen and oxygen atoms in total. The number of nitrogens with one attached hydrogen (secondary N) is 1. The summed E-state index contributed by atoms with van der Waals surface area (Å²) in [6, 6.07) is 5.82. The zero-order valence-corrected chi connectivity index (χ0v) is 10.4. The molecule has 0 amide bonds. The molecule has 1 N–H and O–H groups in total. The van der Waals surface area contributed by atoms with E-state index in [-0.39, 0.29) is 24.7 Å². The second-order valence-electron chi connectivity index (χ2n) is 4.25. The average molecular weight is 276 g/mol. The number of rotatable bonds is 6. The minimum absolute atomic E-state index is 0.0111. The van der Waals surface area contributed by atoms with Gasteiger partial charge in [0.25, 0.3) is 5.69 Å². The van der Waals surface area contributed by atoms with Crippen molar-refractivity contribution in [1.29, 1.82) is 0 Å². The van der Waals surface area contributed by atoms with E-state index >= 15 is 0 Å². The minimum Gasteiger partial charge on any atom is -0.310 e. The molecular weight excluding hydrogens is 261 g/mol. The van der Waals surface area contributed by atoms with Crippen LogP contribution in [0.2, 0.25) is 0 Å². The number of nitro benzene ring substituents is 1. The molecule has 7 heteroatoms. The maximum atomic E-state index is 11.9.